The molecule has 0 bridgehead atoms. The summed E-state index contributed by atoms with van der Waals surface area (Å²) in [5.74, 6) is -0.730. The van der Waals surface area contributed by atoms with Gasteiger partial charge in [0, 0.05) is 11.4 Å². The van der Waals surface area contributed by atoms with Crippen LogP contribution >= 0.6 is 11.8 Å². The van der Waals surface area contributed by atoms with Crippen LogP contribution in [0.15, 0.2) is 47.3 Å². The van der Waals surface area contributed by atoms with Crippen molar-refractivity contribution in [2.24, 2.45) is 0 Å². The van der Waals surface area contributed by atoms with Crippen LogP contribution in [0.4, 0.5) is 15.8 Å². The van der Waals surface area contributed by atoms with Crippen molar-refractivity contribution < 1.29 is 14.0 Å². The molecule has 26 heavy (non-hydrogen) atoms. The Morgan fingerprint density at radius 1 is 0.885 bits per heavy atom. The van der Waals surface area contributed by atoms with Gasteiger partial charge < -0.3 is 20.6 Å². The fourth-order valence-corrected chi connectivity index (χ4v) is 2.89. The van der Waals surface area contributed by atoms with Crippen LogP contribution in [-0.2, 0) is 9.59 Å². The van der Waals surface area contributed by atoms with Crippen LogP contribution in [0.1, 0.15) is 0 Å². The maximum absolute atomic E-state index is 12.8. The van der Waals surface area contributed by atoms with Crippen molar-refractivity contribution in [1.29, 1.82) is 0 Å². The zero-order valence-electron chi connectivity index (χ0n) is 13.5. The quantitative estimate of drug-likeness (QED) is 0.531. The second-order valence-corrected chi connectivity index (χ2v) is 6.42. The van der Waals surface area contributed by atoms with Gasteiger partial charge >= 0.3 is 5.69 Å². The largest absolute Gasteiger partial charge is 0.325 e. The molecule has 2 amide bonds. The number of carbonyl (C=O) groups is 2. The fraction of sp³-hybridized carbons (Fsp3) is 0.118. The van der Waals surface area contributed by atoms with Crippen molar-refractivity contribution in [3.63, 3.8) is 0 Å². The molecule has 7 nitrogen and oxygen atoms in total. The highest BCUT2D eigenvalue weighted by Crippen LogP contribution is 2.15. The smallest absolute Gasteiger partial charge is 0.323 e. The predicted octanol–water partition coefficient (Wildman–Crippen LogP) is 2.31. The van der Waals surface area contributed by atoms with Crippen LogP contribution in [-0.4, -0.2) is 33.3 Å². The molecule has 0 unspecified atom stereocenters. The molecule has 9 heteroatoms. The highest BCUT2D eigenvalue weighted by Gasteiger charge is 2.08. The fourth-order valence-electron chi connectivity index (χ4n) is 2.27. The first-order chi connectivity index (χ1) is 12.5. The maximum Gasteiger partial charge on any atom is 0.323 e. The molecule has 134 valence electrons. The number of aromatic nitrogens is 2. The van der Waals surface area contributed by atoms with Crippen LogP contribution in [0, 0.1) is 5.82 Å². The van der Waals surface area contributed by atoms with Crippen molar-refractivity contribution in [3.8, 4) is 0 Å². The summed E-state index contributed by atoms with van der Waals surface area (Å²) in [5, 5.41) is 5.32. The van der Waals surface area contributed by atoms with Gasteiger partial charge in [-0.15, -0.1) is 11.8 Å². The molecule has 3 aromatic rings. The molecule has 0 aliphatic rings. The molecule has 0 fully saturated rings. The summed E-state index contributed by atoms with van der Waals surface area (Å²) < 4.78 is 12.8. The van der Waals surface area contributed by atoms with Gasteiger partial charge in [-0.1, -0.05) is 0 Å². The third-order valence-electron chi connectivity index (χ3n) is 3.39. The van der Waals surface area contributed by atoms with Gasteiger partial charge in [0.1, 0.15) is 5.82 Å². The number of nitrogens with one attached hydrogen (secondary N) is 4. The summed E-state index contributed by atoms with van der Waals surface area (Å²) in [6.07, 6.45) is 0. The Bertz CT molecular complexity index is 997. The van der Waals surface area contributed by atoms with Crippen LogP contribution in [0.25, 0.3) is 11.0 Å². The number of hydrogen-bond donors (Lipinski definition) is 4. The molecule has 0 saturated carbocycles. The molecule has 3 rings (SSSR count). The minimum absolute atomic E-state index is 0.0922. The average molecular weight is 374 g/mol. The van der Waals surface area contributed by atoms with E-state index in [4.69, 9.17) is 0 Å². The van der Waals surface area contributed by atoms with Crippen LogP contribution in [0.2, 0.25) is 0 Å². The van der Waals surface area contributed by atoms with E-state index in [1.165, 1.54) is 24.3 Å². The molecule has 1 heterocycles. The molecular weight excluding hydrogens is 359 g/mol. The Balaban J connectivity index is 1.45. The zero-order chi connectivity index (χ0) is 18.5. The second kappa shape index (κ2) is 7.87. The van der Waals surface area contributed by atoms with Gasteiger partial charge in [-0.3, -0.25) is 9.59 Å². The van der Waals surface area contributed by atoms with Gasteiger partial charge in [-0.2, -0.15) is 0 Å². The average Bonchev–Trinajstić information content (AvgIpc) is 2.96. The second-order valence-electron chi connectivity index (χ2n) is 5.44. The van der Waals surface area contributed by atoms with E-state index in [1.54, 1.807) is 18.2 Å². The molecule has 0 radical (unpaired) electrons. The van der Waals surface area contributed by atoms with E-state index in [0.717, 1.165) is 11.8 Å². The monoisotopic (exact) mass is 374 g/mol. The number of aromatic amines is 2. The van der Waals surface area contributed by atoms with E-state index in [9.17, 15) is 18.8 Å². The van der Waals surface area contributed by atoms with Crippen molar-refractivity contribution in [2.75, 3.05) is 22.1 Å². The Morgan fingerprint density at radius 2 is 1.46 bits per heavy atom. The van der Waals surface area contributed by atoms with Crippen molar-refractivity contribution in [2.45, 2.75) is 0 Å². The maximum atomic E-state index is 12.8. The molecule has 0 aliphatic carbocycles. The standard InChI is InChI=1S/C17H15FN4O3S/c18-10-1-3-11(4-2-10)19-15(23)8-26-9-16(24)20-12-5-6-13-14(7-12)22-17(25)21-13/h1-7H,8-9H2,(H,19,23)(H,20,24)(H2,21,22,25). The molecule has 1 aromatic heterocycles. The first-order valence-corrected chi connectivity index (χ1v) is 8.80. The molecule has 0 saturated heterocycles. The Kier molecular flexibility index (Phi) is 5.37. The highest BCUT2D eigenvalue weighted by molar-refractivity contribution is 8.00. The van der Waals surface area contributed by atoms with E-state index in [-0.39, 0.29) is 34.8 Å². The number of H-pyrrole nitrogens is 2. The van der Waals surface area contributed by atoms with E-state index in [0.29, 0.717) is 22.4 Å². The summed E-state index contributed by atoms with van der Waals surface area (Å²) in [4.78, 5) is 40.2. The minimum Gasteiger partial charge on any atom is -0.325 e. The van der Waals surface area contributed by atoms with E-state index in [1.807, 2.05) is 0 Å². The van der Waals surface area contributed by atoms with Crippen molar-refractivity contribution in [1.82, 2.24) is 9.97 Å². The van der Waals surface area contributed by atoms with Gasteiger partial charge in [0.25, 0.3) is 0 Å². The summed E-state index contributed by atoms with van der Waals surface area (Å²) in [6, 6.07) is 10.5. The third kappa shape index (κ3) is 4.73. The number of benzene rings is 2. The zero-order valence-corrected chi connectivity index (χ0v) is 14.3. The van der Waals surface area contributed by atoms with Gasteiger partial charge in [0.05, 0.1) is 22.5 Å². The lowest BCUT2D eigenvalue weighted by atomic mass is 10.3. The van der Waals surface area contributed by atoms with Crippen molar-refractivity contribution >= 4 is 46.0 Å². The third-order valence-corrected chi connectivity index (χ3v) is 4.33. The number of fused-ring (bicyclic) bond motifs is 1. The number of carbonyl (C=O) groups excluding carboxylic acids is 2. The van der Waals surface area contributed by atoms with Crippen LogP contribution < -0.4 is 16.3 Å². The summed E-state index contributed by atoms with van der Waals surface area (Å²) >= 11 is 1.16. The SMILES string of the molecule is O=C(CSCC(=O)Nc1ccc2[nH]c(=O)[nH]c2c1)Nc1ccc(F)cc1. The molecule has 4 N–H and O–H groups in total. The molecular formula is C17H15FN4O3S. The number of rotatable bonds is 6. The van der Waals surface area contributed by atoms with Crippen LogP contribution in [0.5, 0.6) is 0 Å². The summed E-state index contributed by atoms with van der Waals surface area (Å²) in [5.41, 5.74) is 1.98. The number of amides is 2. The van der Waals surface area contributed by atoms with Gasteiger partial charge in [-0.25, -0.2) is 9.18 Å². The number of imidazole rings is 1. The normalized spacial score (nSPS) is 10.7. The van der Waals surface area contributed by atoms with E-state index >= 15 is 0 Å². The van der Waals surface area contributed by atoms with E-state index < -0.39 is 0 Å². The molecule has 0 atom stereocenters. The lowest BCUT2D eigenvalue weighted by Crippen LogP contribution is -2.18. The van der Waals surface area contributed by atoms with Gasteiger partial charge in [-0.05, 0) is 42.5 Å². The molecule has 0 aliphatic heterocycles. The minimum atomic E-state index is -0.379. The predicted molar refractivity (Wildman–Crippen MR) is 99.9 cm³/mol. The van der Waals surface area contributed by atoms with E-state index in [2.05, 4.69) is 20.6 Å². The highest BCUT2D eigenvalue weighted by atomic mass is 32.2. The number of anilines is 2. The summed E-state index contributed by atoms with van der Waals surface area (Å²) in [7, 11) is 0. The summed E-state index contributed by atoms with van der Waals surface area (Å²) in [6.45, 7) is 0. The Labute approximate surface area is 151 Å². The van der Waals surface area contributed by atoms with Crippen LogP contribution in [0.3, 0.4) is 0 Å². The lowest BCUT2D eigenvalue weighted by Gasteiger charge is -2.06. The number of thioether (sulfide) groups is 1. The molecule has 2 aromatic carbocycles. The lowest BCUT2D eigenvalue weighted by molar-refractivity contribution is -0.114. The molecule has 0 spiro atoms. The Hall–Kier alpha value is -3.07. The first-order valence-electron chi connectivity index (χ1n) is 7.65. The van der Waals surface area contributed by atoms with Gasteiger partial charge in [0.15, 0.2) is 0 Å². The first kappa shape index (κ1) is 17.7. The Morgan fingerprint density at radius 3 is 2.15 bits per heavy atom. The van der Waals surface area contributed by atoms with Gasteiger partial charge in [0.2, 0.25) is 11.8 Å². The van der Waals surface area contributed by atoms with Crippen molar-refractivity contribution in [3.05, 3.63) is 58.8 Å². The number of hydrogen-bond acceptors (Lipinski definition) is 4. The topological polar surface area (TPSA) is 107 Å². The number of halogens is 1.